The second kappa shape index (κ2) is 16.4. The molecule has 0 atom stereocenters. The molecule has 4 heterocycles. The molecule has 7 heteroatoms. The molecule has 0 unspecified atom stereocenters. The Morgan fingerprint density at radius 1 is 0.582 bits per heavy atom. The number of nitrogens with zero attached hydrogens (tertiary/aromatic N) is 5. The molecule has 12 rings (SSSR count). The van der Waals surface area contributed by atoms with Crippen molar-refractivity contribution in [3.8, 4) is 50.9 Å². The number of hydrogen-bond acceptors (Lipinski definition) is 3. The molecule has 0 saturated heterocycles. The molecule has 0 aliphatic carbocycles. The number of benzene rings is 8. The second-order valence-corrected chi connectivity index (χ2v) is 18.6. The Kier molecular flexibility index (Phi) is 7.69. The van der Waals surface area contributed by atoms with Gasteiger partial charge in [-0.15, -0.1) is 0 Å². The van der Waals surface area contributed by atoms with E-state index in [0.29, 0.717) is 33.8 Å². The summed E-state index contributed by atoms with van der Waals surface area (Å²) in [5.74, 6) is 1.93. The van der Waals surface area contributed by atoms with Crippen molar-refractivity contribution in [2.75, 3.05) is 11.4 Å². The molecule has 67 heavy (non-hydrogen) atoms. The van der Waals surface area contributed by atoms with Crippen LogP contribution in [0.3, 0.4) is 0 Å². The SMILES string of the molecule is [2H]c1c([2H])c([2H])c(-c2cccc(-c3c([2H])c([2H])c([2H])c([2H])c3[2H])c2-n2[c](=[Pt])n3c4c(cccc42)CCN(c2ccccc2)c2ccc(Oc4ccc5c6ccccc6n(-c6cc(C(C)(C)C)ccn6)c5c4)cc2-3)c([2H])c1[2H]. The van der Waals surface area contributed by atoms with Gasteiger partial charge in [0.2, 0.25) is 0 Å². The van der Waals surface area contributed by atoms with Gasteiger partial charge in [0.15, 0.2) is 0 Å². The molecule has 0 amide bonds. The van der Waals surface area contributed by atoms with Crippen LogP contribution in [0.4, 0.5) is 11.4 Å². The number of rotatable bonds is 7. The molecule has 0 spiro atoms. The number of imidazole rings is 1. The van der Waals surface area contributed by atoms with Crippen LogP contribution in [0.1, 0.15) is 45.6 Å². The van der Waals surface area contributed by atoms with Crippen LogP contribution >= 0.6 is 0 Å². The average molecular weight is 1060 g/mol. The van der Waals surface area contributed by atoms with Crippen LogP contribution in [0.15, 0.2) is 206 Å². The third-order valence-corrected chi connectivity index (χ3v) is 13.6. The Balaban J connectivity index is 1.13. The number of pyridine rings is 1. The van der Waals surface area contributed by atoms with Gasteiger partial charge >= 0.3 is 361 Å². The first kappa shape index (κ1) is 31.4. The van der Waals surface area contributed by atoms with E-state index in [-0.39, 0.29) is 33.4 Å². The Morgan fingerprint density at radius 2 is 1.24 bits per heavy atom. The molecule has 11 aromatic rings. The van der Waals surface area contributed by atoms with Gasteiger partial charge in [-0.25, -0.2) is 0 Å². The van der Waals surface area contributed by atoms with Crippen LogP contribution in [-0.2, 0) is 31.2 Å². The second-order valence-electron chi connectivity index (χ2n) is 17.6. The molecule has 0 bridgehead atoms. The van der Waals surface area contributed by atoms with Crippen LogP contribution in [0.5, 0.6) is 11.5 Å². The number of ether oxygens (including phenoxy) is 1. The number of aromatic nitrogens is 4. The molecular weight excluding hydrogens is 1000 g/mol. The summed E-state index contributed by atoms with van der Waals surface area (Å²) in [6.45, 7) is 7.15. The number of anilines is 2. The van der Waals surface area contributed by atoms with Gasteiger partial charge in [0.05, 0.1) is 0 Å². The van der Waals surface area contributed by atoms with E-state index in [9.17, 15) is 5.48 Å². The fourth-order valence-electron chi connectivity index (χ4n) is 9.48. The minimum absolute atomic E-state index is 0.103. The van der Waals surface area contributed by atoms with Gasteiger partial charge in [-0.2, -0.15) is 0 Å². The molecule has 8 aromatic carbocycles. The Hall–Kier alpha value is -7.53. The number of fused-ring (bicyclic) bond motifs is 5. The van der Waals surface area contributed by atoms with Crippen molar-refractivity contribution in [1.29, 1.82) is 0 Å². The first-order valence-electron chi connectivity index (χ1n) is 27.1. The van der Waals surface area contributed by atoms with Gasteiger partial charge in [-0.3, -0.25) is 0 Å². The van der Waals surface area contributed by atoms with Gasteiger partial charge in [-0.05, 0) is 17.0 Å². The summed E-state index contributed by atoms with van der Waals surface area (Å²) >= 11 is 2.25. The van der Waals surface area contributed by atoms with E-state index in [4.69, 9.17) is 17.9 Å². The van der Waals surface area contributed by atoms with Crippen molar-refractivity contribution < 1.29 is 37.8 Å². The molecule has 3 aromatic heterocycles. The quantitative estimate of drug-likeness (QED) is 0.160. The number of para-hydroxylation sites is 4. The Labute approximate surface area is 415 Å². The topological polar surface area (TPSA) is 40.1 Å². The van der Waals surface area contributed by atoms with E-state index in [1.807, 2.05) is 83.6 Å². The van der Waals surface area contributed by atoms with Crippen molar-refractivity contribution in [2.45, 2.75) is 32.6 Å². The summed E-state index contributed by atoms with van der Waals surface area (Å²) in [5, 5.41) is 2.13. The van der Waals surface area contributed by atoms with E-state index in [1.165, 1.54) is 0 Å². The summed E-state index contributed by atoms with van der Waals surface area (Å²) in [6, 6.07) is 40.6. The predicted octanol–water partition coefficient (Wildman–Crippen LogP) is 15.1. The fourth-order valence-corrected chi connectivity index (χ4v) is 10.5. The van der Waals surface area contributed by atoms with Crippen LogP contribution in [0, 0.1) is 3.80 Å². The van der Waals surface area contributed by atoms with E-state index in [2.05, 4.69) is 103 Å². The van der Waals surface area contributed by atoms with Gasteiger partial charge in [-0.1, -0.05) is 32.9 Å². The van der Waals surface area contributed by atoms with Crippen molar-refractivity contribution in [1.82, 2.24) is 18.7 Å². The first-order chi connectivity index (χ1) is 36.9. The predicted molar refractivity (Wildman–Crippen MR) is 271 cm³/mol. The van der Waals surface area contributed by atoms with Crippen molar-refractivity contribution in [2.24, 2.45) is 0 Å². The number of hydrogen-bond donors (Lipinski definition) is 0. The van der Waals surface area contributed by atoms with Crippen molar-refractivity contribution >= 4 is 44.2 Å². The summed E-state index contributed by atoms with van der Waals surface area (Å²) in [7, 11) is 0. The zero-order valence-corrected chi connectivity index (χ0v) is 39.0. The standard InChI is InChI=1S/C60H47N5O.Pt/c1-60(2,3)44-33-35-61-57(37-44)65-52-27-14-13-24-50(52)51-31-29-46(38-55(51)65)66-47-30-32-53-56(39-47)64-40-63(54-28-15-21-43(58(54)64)34-36-62(53)45-22-11-6-12-23-45)59-48(41-17-7-4-8-18-41)25-16-26-49(59)42-19-9-5-10-20-42;/h4-33,35,37-39H,34,36H2,1-3H3;/i4D,5D,7D,8D,9D,10D,17D,18D,19D,20D;. The molecule has 0 N–H and O–H groups in total. The Bertz CT molecular complexity index is 4210. The molecule has 6 nitrogen and oxygen atoms in total. The van der Waals surface area contributed by atoms with Crippen molar-refractivity contribution in [3.63, 3.8) is 0 Å². The third-order valence-electron chi connectivity index (χ3n) is 12.6. The minimum atomic E-state index is -0.558. The summed E-state index contributed by atoms with van der Waals surface area (Å²) in [5.41, 5.74) is 8.43. The molecular formula is C60H47N5OPt. The maximum absolute atomic E-state index is 9.25. The molecule has 0 saturated carbocycles. The van der Waals surface area contributed by atoms with Gasteiger partial charge in [0.25, 0.3) is 0 Å². The third kappa shape index (κ3) is 7.06. The Morgan fingerprint density at radius 3 is 1.99 bits per heavy atom. The maximum atomic E-state index is 9.25. The van der Waals surface area contributed by atoms with Gasteiger partial charge in [0.1, 0.15) is 0 Å². The summed E-state index contributed by atoms with van der Waals surface area (Å²) in [4.78, 5) is 7.15. The molecule has 1 aliphatic rings. The van der Waals surface area contributed by atoms with Crippen LogP contribution in [0.25, 0.3) is 72.3 Å². The summed E-state index contributed by atoms with van der Waals surface area (Å²) < 4.78 is 103. The van der Waals surface area contributed by atoms with Crippen LogP contribution < -0.4 is 9.64 Å². The van der Waals surface area contributed by atoms with Gasteiger partial charge in [0, 0.05) is 6.20 Å². The monoisotopic (exact) mass is 1060 g/mol. The van der Waals surface area contributed by atoms with Crippen molar-refractivity contribution in [3.05, 3.63) is 221 Å². The average Bonchev–Trinajstić information content (AvgIpc) is 4.08. The van der Waals surface area contributed by atoms with E-state index >= 15 is 0 Å². The van der Waals surface area contributed by atoms with E-state index < -0.39 is 60.4 Å². The zero-order chi connectivity index (χ0) is 53.9. The molecule has 328 valence electrons. The molecule has 1 aliphatic heterocycles. The molecule has 0 radical (unpaired) electrons. The summed E-state index contributed by atoms with van der Waals surface area (Å²) in [6.07, 6.45) is 2.45. The van der Waals surface area contributed by atoms with Crippen LogP contribution in [-0.4, -0.2) is 25.2 Å². The van der Waals surface area contributed by atoms with E-state index in [0.717, 1.165) is 61.3 Å². The van der Waals surface area contributed by atoms with Crippen LogP contribution in [0.2, 0.25) is 0 Å². The first-order valence-corrected chi connectivity index (χ1v) is 23.2. The zero-order valence-electron chi connectivity index (χ0n) is 46.7. The van der Waals surface area contributed by atoms with Gasteiger partial charge < -0.3 is 0 Å². The normalized spacial score (nSPS) is 14.7. The fraction of sp³-hybridized carbons (Fsp3) is 0.100. The molecule has 0 fully saturated rings. The van der Waals surface area contributed by atoms with E-state index in [1.54, 1.807) is 18.2 Å².